The lowest BCUT2D eigenvalue weighted by molar-refractivity contribution is 0.100. The number of nitrogens with two attached hydrogens (primary N) is 1. The lowest BCUT2D eigenvalue weighted by Crippen LogP contribution is -2.39. The predicted molar refractivity (Wildman–Crippen MR) is 127 cm³/mol. The highest BCUT2D eigenvalue weighted by Crippen LogP contribution is 2.31. The van der Waals surface area contributed by atoms with Gasteiger partial charge in [0, 0.05) is 30.4 Å². The molecule has 174 valence electrons. The second-order valence-corrected chi connectivity index (χ2v) is 8.32. The van der Waals surface area contributed by atoms with E-state index in [4.69, 9.17) is 15.7 Å². The van der Waals surface area contributed by atoms with Crippen LogP contribution in [0.25, 0.3) is 0 Å². The molecule has 1 saturated heterocycles. The third-order valence-electron chi connectivity index (χ3n) is 5.82. The average Bonchev–Trinajstić information content (AvgIpc) is 2.83. The van der Waals surface area contributed by atoms with Crippen molar-refractivity contribution in [3.8, 4) is 17.7 Å². The summed E-state index contributed by atoms with van der Waals surface area (Å²) in [6, 6.07) is 12.9. The third-order valence-corrected chi connectivity index (χ3v) is 5.82. The monoisotopic (exact) mass is 460 g/mol. The molecule has 0 aliphatic carbocycles. The number of aryl methyl sites for hydroxylation is 2. The molecule has 1 aliphatic rings. The number of hydrogen-bond acceptors (Lipinski definition) is 7. The van der Waals surface area contributed by atoms with Crippen LogP contribution in [0.5, 0.6) is 11.6 Å². The van der Waals surface area contributed by atoms with Crippen molar-refractivity contribution >= 4 is 17.5 Å². The molecule has 0 radical (unpaired) electrons. The number of carbonyl (C=O) groups is 1. The number of hydrogen-bond donors (Lipinski definition) is 2. The van der Waals surface area contributed by atoms with E-state index >= 15 is 0 Å². The van der Waals surface area contributed by atoms with Crippen LogP contribution in [-0.4, -0.2) is 35.0 Å². The Hall–Kier alpha value is -4.19. The number of aromatic nitrogens is 2. The molecule has 4 rings (SSSR count). The maximum absolute atomic E-state index is 14.4. The molecule has 1 fully saturated rings. The van der Waals surface area contributed by atoms with Crippen molar-refractivity contribution in [3.05, 3.63) is 70.7 Å². The Morgan fingerprint density at radius 3 is 2.59 bits per heavy atom. The first-order chi connectivity index (χ1) is 16.3. The molecule has 1 aliphatic heterocycles. The lowest BCUT2D eigenvalue weighted by Gasteiger charge is -2.34. The fourth-order valence-corrected chi connectivity index (χ4v) is 4.09. The summed E-state index contributed by atoms with van der Waals surface area (Å²) >= 11 is 0. The molecule has 3 N–H and O–H groups in total. The maximum atomic E-state index is 14.4. The number of nitriles is 1. The summed E-state index contributed by atoms with van der Waals surface area (Å²) in [4.78, 5) is 22.0. The van der Waals surface area contributed by atoms with Gasteiger partial charge in [0.05, 0.1) is 17.8 Å². The summed E-state index contributed by atoms with van der Waals surface area (Å²) < 4.78 is 20.2. The number of benzene rings is 2. The predicted octanol–water partition coefficient (Wildman–Crippen LogP) is 4.08. The Morgan fingerprint density at radius 1 is 1.24 bits per heavy atom. The molecule has 2 heterocycles. The quantitative estimate of drug-likeness (QED) is 0.569. The van der Waals surface area contributed by atoms with Crippen LogP contribution in [0.1, 0.15) is 39.9 Å². The van der Waals surface area contributed by atoms with Gasteiger partial charge in [0.15, 0.2) is 0 Å². The molecule has 0 unspecified atom stereocenters. The van der Waals surface area contributed by atoms with Gasteiger partial charge in [-0.25, -0.2) is 4.98 Å². The number of rotatable bonds is 6. The minimum absolute atomic E-state index is 0.104. The average molecular weight is 461 g/mol. The fraction of sp³-hybridized carbons (Fsp3) is 0.280. The Bertz CT molecular complexity index is 1240. The molecule has 3 aromatic rings. The highest BCUT2D eigenvalue weighted by atomic mass is 19.1. The van der Waals surface area contributed by atoms with Crippen LogP contribution in [0.4, 0.5) is 16.0 Å². The van der Waals surface area contributed by atoms with Gasteiger partial charge in [0.25, 0.3) is 5.88 Å². The van der Waals surface area contributed by atoms with Gasteiger partial charge >= 0.3 is 0 Å². The highest BCUT2D eigenvalue weighted by molar-refractivity contribution is 5.93. The van der Waals surface area contributed by atoms with E-state index in [0.717, 1.165) is 48.9 Å². The number of ether oxygens (including phenoxy) is 1. The van der Waals surface area contributed by atoms with Crippen molar-refractivity contribution < 1.29 is 13.9 Å². The molecular weight excluding hydrogens is 435 g/mol. The van der Waals surface area contributed by atoms with E-state index in [1.54, 1.807) is 38.1 Å². The van der Waals surface area contributed by atoms with Crippen molar-refractivity contribution in [3.63, 3.8) is 0 Å². The molecule has 0 saturated carbocycles. The maximum Gasteiger partial charge on any atom is 0.260 e. The van der Waals surface area contributed by atoms with Crippen LogP contribution >= 0.6 is 0 Å². The number of carbonyl (C=O) groups excluding carboxylic acids is 1. The number of amides is 1. The summed E-state index contributed by atoms with van der Waals surface area (Å²) in [6.07, 6.45) is 2.71. The summed E-state index contributed by atoms with van der Waals surface area (Å²) in [5.74, 6) is -0.535. The van der Waals surface area contributed by atoms with Crippen LogP contribution in [-0.2, 0) is 0 Å². The summed E-state index contributed by atoms with van der Waals surface area (Å²) in [5.41, 5.74) is 8.78. The molecule has 0 spiro atoms. The molecule has 0 bridgehead atoms. The van der Waals surface area contributed by atoms with Gasteiger partial charge in [-0.1, -0.05) is 6.07 Å². The lowest BCUT2D eigenvalue weighted by atomic mass is 10.0. The fourth-order valence-electron chi connectivity index (χ4n) is 4.09. The van der Waals surface area contributed by atoms with Gasteiger partial charge in [-0.2, -0.15) is 14.6 Å². The second kappa shape index (κ2) is 9.75. The summed E-state index contributed by atoms with van der Waals surface area (Å²) in [7, 11) is 0. The number of halogens is 1. The molecule has 2 aromatic carbocycles. The molecule has 9 heteroatoms. The van der Waals surface area contributed by atoms with E-state index < -0.39 is 11.7 Å². The first-order valence-corrected chi connectivity index (χ1v) is 11.0. The van der Waals surface area contributed by atoms with Crippen LogP contribution in [0.15, 0.2) is 42.6 Å². The van der Waals surface area contributed by atoms with Crippen molar-refractivity contribution in [2.24, 2.45) is 5.73 Å². The van der Waals surface area contributed by atoms with Gasteiger partial charge in [-0.15, -0.1) is 0 Å². The highest BCUT2D eigenvalue weighted by Gasteiger charge is 2.22. The van der Waals surface area contributed by atoms with E-state index in [9.17, 15) is 9.18 Å². The number of primary amides is 1. The zero-order valence-corrected chi connectivity index (χ0v) is 19.0. The van der Waals surface area contributed by atoms with Crippen LogP contribution in [0.3, 0.4) is 0 Å². The second-order valence-electron chi connectivity index (χ2n) is 8.32. The minimum Gasteiger partial charge on any atom is -0.436 e. The standard InChI is InChI=1S/C25H25FN6O2/c1-15-10-17(13-27)11-16(2)22(15)34-24-21(26)14-29-25(31-24)30-19-6-8-32(9-7-19)20-5-3-4-18(12-20)23(28)33/h3-5,10-12,14,19H,6-9H2,1-2H3,(H2,28,33)(H,29,30,31). The molecular formula is C25H25FN6O2. The van der Waals surface area contributed by atoms with Crippen molar-refractivity contribution in [1.82, 2.24) is 9.97 Å². The molecule has 0 atom stereocenters. The van der Waals surface area contributed by atoms with E-state index in [1.807, 2.05) is 12.1 Å². The SMILES string of the molecule is Cc1cc(C#N)cc(C)c1Oc1nc(NC2CCN(c3cccc(C(N)=O)c3)CC2)ncc1F. The number of piperidine rings is 1. The first-order valence-electron chi connectivity index (χ1n) is 11.0. The molecule has 34 heavy (non-hydrogen) atoms. The zero-order valence-electron chi connectivity index (χ0n) is 19.0. The Morgan fingerprint density at radius 2 is 1.94 bits per heavy atom. The molecule has 1 aromatic heterocycles. The van der Waals surface area contributed by atoms with Crippen LogP contribution in [0.2, 0.25) is 0 Å². The summed E-state index contributed by atoms with van der Waals surface area (Å²) in [5, 5.41) is 12.4. The molecule has 8 nitrogen and oxygen atoms in total. The normalized spacial score (nSPS) is 13.9. The number of anilines is 2. The van der Waals surface area contributed by atoms with Crippen LogP contribution in [0, 0.1) is 31.0 Å². The topological polar surface area (TPSA) is 117 Å². The van der Waals surface area contributed by atoms with Gasteiger partial charge < -0.3 is 20.7 Å². The smallest absolute Gasteiger partial charge is 0.260 e. The van der Waals surface area contributed by atoms with Crippen molar-refractivity contribution in [2.75, 3.05) is 23.3 Å². The van der Waals surface area contributed by atoms with Gasteiger partial charge in [-0.3, -0.25) is 4.79 Å². The molecule has 1 amide bonds. The van der Waals surface area contributed by atoms with Crippen molar-refractivity contribution in [2.45, 2.75) is 32.7 Å². The first kappa shape index (κ1) is 23.0. The van der Waals surface area contributed by atoms with Gasteiger partial charge in [0.1, 0.15) is 5.75 Å². The largest absolute Gasteiger partial charge is 0.436 e. The third kappa shape index (κ3) is 5.07. The van der Waals surface area contributed by atoms with Gasteiger partial charge in [0.2, 0.25) is 17.7 Å². The van der Waals surface area contributed by atoms with E-state index in [-0.39, 0.29) is 17.9 Å². The minimum atomic E-state index is -0.669. The van der Waals surface area contributed by atoms with Crippen LogP contribution < -0.4 is 20.7 Å². The summed E-state index contributed by atoms with van der Waals surface area (Å²) in [6.45, 7) is 5.14. The Labute approximate surface area is 197 Å². The van der Waals surface area contributed by atoms with E-state index in [0.29, 0.717) is 16.9 Å². The van der Waals surface area contributed by atoms with E-state index in [1.165, 1.54) is 0 Å². The Balaban J connectivity index is 1.42. The zero-order chi connectivity index (χ0) is 24.2. The van der Waals surface area contributed by atoms with Crippen molar-refractivity contribution in [1.29, 1.82) is 5.26 Å². The number of nitrogens with one attached hydrogen (secondary N) is 1. The Kier molecular flexibility index (Phi) is 6.59. The number of nitrogens with zero attached hydrogens (tertiary/aromatic N) is 4. The van der Waals surface area contributed by atoms with Gasteiger partial charge in [-0.05, 0) is 68.1 Å². The van der Waals surface area contributed by atoms with E-state index in [2.05, 4.69) is 26.3 Å².